The van der Waals surface area contributed by atoms with Gasteiger partial charge in [0.25, 0.3) is 0 Å². The smallest absolute Gasteiger partial charge is 0.196 e. The van der Waals surface area contributed by atoms with Crippen molar-refractivity contribution in [3.63, 3.8) is 0 Å². The monoisotopic (exact) mass is 276 g/mol. The quantitative estimate of drug-likeness (QED) is 0.858. The molecule has 1 aromatic carbocycles. The van der Waals surface area contributed by atoms with E-state index in [-0.39, 0.29) is 11.6 Å². The van der Waals surface area contributed by atoms with Crippen molar-refractivity contribution < 1.29 is 4.79 Å². The molecule has 4 heteroatoms. The second kappa shape index (κ2) is 4.45. The van der Waals surface area contributed by atoms with Crippen LogP contribution in [0.2, 0.25) is 0 Å². The van der Waals surface area contributed by atoms with Gasteiger partial charge in [-0.15, -0.1) is 0 Å². The van der Waals surface area contributed by atoms with Gasteiger partial charge in [0.15, 0.2) is 5.78 Å². The van der Waals surface area contributed by atoms with Crippen LogP contribution < -0.4 is 5.73 Å². The lowest BCUT2D eigenvalue weighted by molar-refractivity contribution is 0.103. The topological polar surface area (TPSA) is 56.0 Å². The van der Waals surface area contributed by atoms with Crippen molar-refractivity contribution in [1.29, 1.82) is 0 Å². The fourth-order valence-corrected chi connectivity index (χ4v) is 1.71. The molecule has 0 unspecified atom stereocenters. The Morgan fingerprint density at radius 3 is 2.62 bits per heavy atom. The summed E-state index contributed by atoms with van der Waals surface area (Å²) >= 11 is 3.27. The minimum atomic E-state index is -0.119. The second-order valence-corrected chi connectivity index (χ2v) is 4.20. The molecule has 0 saturated heterocycles. The zero-order chi connectivity index (χ0) is 11.5. The van der Waals surface area contributed by atoms with Crippen molar-refractivity contribution in [2.75, 3.05) is 5.73 Å². The third-order valence-corrected chi connectivity index (χ3v) is 2.60. The molecule has 2 rings (SSSR count). The van der Waals surface area contributed by atoms with Gasteiger partial charge in [0.2, 0.25) is 0 Å². The van der Waals surface area contributed by atoms with Crippen LogP contribution >= 0.6 is 15.9 Å². The van der Waals surface area contributed by atoms with Crippen LogP contribution in [-0.4, -0.2) is 10.8 Å². The Morgan fingerprint density at radius 2 is 1.94 bits per heavy atom. The average molecular weight is 277 g/mol. The van der Waals surface area contributed by atoms with E-state index in [2.05, 4.69) is 20.9 Å². The summed E-state index contributed by atoms with van der Waals surface area (Å²) in [4.78, 5) is 16.0. The van der Waals surface area contributed by atoms with Crippen LogP contribution in [0.4, 0.5) is 5.82 Å². The number of carbonyl (C=O) groups is 1. The molecule has 16 heavy (non-hydrogen) atoms. The van der Waals surface area contributed by atoms with Gasteiger partial charge in [-0.25, -0.2) is 4.98 Å². The number of pyridine rings is 1. The Morgan fingerprint density at radius 1 is 1.25 bits per heavy atom. The largest absolute Gasteiger partial charge is 0.383 e. The van der Waals surface area contributed by atoms with E-state index in [1.165, 1.54) is 0 Å². The zero-order valence-corrected chi connectivity index (χ0v) is 9.94. The van der Waals surface area contributed by atoms with E-state index in [0.29, 0.717) is 11.1 Å². The Labute approximate surface area is 101 Å². The Bertz CT molecular complexity index is 526. The zero-order valence-electron chi connectivity index (χ0n) is 8.35. The molecule has 0 saturated carbocycles. The normalized spacial score (nSPS) is 10.1. The minimum Gasteiger partial charge on any atom is -0.383 e. The first-order chi connectivity index (χ1) is 7.68. The van der Waals surface area contributed by atoms with Crippen LogP contribution in [0.15, 0.2) is 47.1 Å². The molecule has 0 aliphatic rings. The molecule has 1 aromatic heterocycles. The van der Waals surface area contributed by atoms with Gasteiger partial charge in [0.1, 0.15) is 5.82 Å². The van der Waals surface area contributed by atoms with Crippen molar-refractivity contribution >= 4 is 27.5 Å². The molecule has 0 fully saturated rings. The summed E-state index contributed by atoms with van der Waals surface area (Å²) in [6.45, 7) is 0. The first-order valence-electron chi connectivity index (χ1n) is 4.69. The van der Waals surface area contributed by atoms with E-state index in [9.17, 15) is 4.79 Å². The van der Waals surface area contributed by atoms with Gasteiger partial charge in [-0.05, 0) is 22.0 Å². The van der Waals surface area contributed by atoms with E-state index in [4.69, 9.17) is 5.73 Å². The van der Waals surface area contributed by atoms with Gasteiger partial charge in [0.05, 0.1) is 5.56 Å². The molecule has 0 aliphatic carbocycles. The molecule has 0 spiro atoms. The number of anilines is 1. The Kier molecular flexibility index (Phi) is 3.01. The molecule has 0 bridgehead atoms. The highest BCUT2D eigenvalue weighted by Crippen LogP contribution is 2.18. The molecular formula is C12H9BrN2O. The number of halogens is 1. The maximum Gasteiger partial charge on any atom is 0.196 e. The lowest BCUT2D eigenvalue weighted by Crippen LogP contribution is -2.06. The van der Waals surface area contributed by atoms with Crippen LogP contribution in [-0.2, 0) is 0 Å². The van der Waals surface area contributed by atoms with Crippen molar-refractivity contribution in [2.45, 2.75) is 0 Å². The number of rotatable bonds is 2. The number of hydrogen-bond acceptors (Lipinski definition) is 3. The lowest BCUT2D eigenvalue weighted by Gasteiger charge is -2.04. The van der Waals surface area contributed by atoms with E-state index in [1.54, 1.807) is 24.4 Å². The molecule has 3 nitrogen and oxygen atoms in total. The summed E-state index contributed by atoms with van der Waals surface area (Å²) < 4.78 is 0.737. The van der Waals surface area contributed by atoms with Crippen LogP contribution in [0.25, 0.3) is 0 Å². The third-order valence-electron chi connectivity index (χ3n) is 2.17. The average Bonchev–Trinajstić information content (AvgIpc) is 2.32. The van der Waals surface area contributed by atoms with Crippen molar-refractivity contribution in [2.24, 2.45) is 0 Å². The van der Waals surface area contributed by atoms with Gasteiger partial charge in [-0.2, -0.15) is 0 Å². The highest BCUT2D eigenvalue weighted by Gasteiger charge is 2.13. The summed E-state index contributed by atoms with van der Waals surface area (Å²) in [5.74, 6) is 0.129. The van der Waals surface area contributed by atoms with Crippen LogP contribution in [0, 0.1) is 0 Å². The fraction of sp³-hybridized carbons (Fsp3) is 0. The number of benzene rings is 1. The third kappa shape index (κ3) is 2.12. The highest BCUT2D eigenvalue weighted by atomic mass is 79.9. The lowest BCUT2D eigenvalue weighted by atomic mass is 10.0. The summed E-state index contributed by atoms with van der Waals surface area (Å²) in [6, 6.07) is 10.7. The molecular weight excluding hydrogens is 268 g/mol. The molecule has 1 heterocycles. The predicted molar refractivity (Wildman–Crippen MR) is 66.2 cm³/mol. The highest BCUT2D eigenvalue weighted by molar-refractivity contribution is 9.10. The van der Waals surface area contributed by atoms with E-state index >= 15 is 0 Å². The Balaban J connectivity index is 2.46. The number of nitrogens with two attached hydrogens (primary N) is 1. The number of nitrogens with zero attached hydrogens (tertiary/aromatic N) is 1. The van der Waals surface area contributed by atoms with Gasteiger partial charge in [-0.1, -0.05) is 30.3 Å². The van der Waals surface area contributed by atoms with Gasteiger partial charge >= 0.3 is 0 Å². The van der Waals surface area contributed by atoms with E-state index in [0.717, 1.165) is 4.47 Å². The van der Waals surface area contributed by atoms with Gasteiger partial charge in [0, 0.05) is 16.2 Å². The molecule has 0 atom stereocenters. The molecule has 0 aliphatic heterocycles. The standard InChI is InChI=1S/C12H9BrN2O/c13-9-6-10(12(14)15-7-9)11(16)8-4-2-1-3-5-8/h1-7H,(H2,14,15). The van der Waals surface area contributed by atoms with Crippen molar-refractivity contribution in [1.82, 2.24) is 4.98 Å². The van der Waals surface area contributed by atoms with Crippen molar-refractivity contribution in [3.8, 4) is 0 Å². The fourth-order valence-electron chi connectivity index (χ4n) is 1.38. The van der Waals surface area contributed by atoms with Crippen LogP contribution in [0.3, 0.4) is 0 Å². The maximum absolute atomic E-state index is 12.1. The minimum absolute atomic E-state index is 0.119. The number of hydrogen-bond donors (Lipinski definition) is 1. The summed E-state index contributed by atoms with van der Waals surface area (Å²) in [5, 5.41) is 0. The number of carbonyl (C=O) groups excluding carboxylic acids is 1. The van der Waals surface area contributed by atoms with Crippen molar-refractivity contribution in [3.05, 3.63) is 58.2 Å². The maximum atomic E-state index is 12.1. The summed E-state index contributed by atoms with van der Waals surface area (Å²) in [6.07, 6.45) is 1.57. The first kappa shape index (κ1) is 10.8. The van der Waals surface area contributed by atoms with Crippen LogP contribution in [0.5, 0.6) is 0 Å². The molecule has 0 amide bonds. The van der Waals surface area contributed by atoms with Gasteiger partial charge in [-0.3, -0.25) is 4.79 Å². The molecule has 2 N–H and O–H groups in total. The number of aromatic nitrogens is 1. The molecule has 80 valence electrons. The van der Waals surface area contributed by atoms with Gasteiger partial charge < -0.3 is 5.73 Å². The summed E-state index contributed by atoms with van der Waals surface area (Å²) in [7, 11) is 0. The van der Waals surface area contributed by atoms with Crippen LogP contribution in [0.1, 0.15) is 15.9 Å². The van der Waals surface area contributed by atoms with E-state index in [1.807, 2.05) is 18.2 Å². The SMILES string of the molecule is Nc1ncc(Br)cc1C(=O)c1ccccc1. The van der Waals surface area contributed by atoms with E-state index < -0.39 is 0 Å². The number of nitrogen functional groups attached to an aromatic ring is 1. The second-order valence-electron chi connectivity index (χ2n) is 3.28. The number of ketones is 1. The molecule has 2 aromatic rings. The Hall–Kier alpha value is -1.68. The first-order valence-corrected chi connectivity index (χ1v) is 5.48. The predicted octanol–water partition coefficient (Wildman–Crippen LogP) is 2.66. The summed E-state index contributed by atoms with van der Waals surface area (Å²) in [5.41, 5.74) is 6.70. The molecule has 0 radical (unpaired) electrons.